The largest absolute Gasteiger partial charge is 0.338 e. The van der Waals surface area contributed by atoms with Crippen LogP contribution < -0.4 is 15.5 Å². The maximum Gasteiger partial charge on any atom is 0.321 e. The number of benzene rings is 1. The topological polar surface area (TPSA) is 61.4 Å². The molecule has 2 N–H and O–H groups in total. The van der Waals surface area contributed by atoms with Crippen LogP contribution >= 0.6 is 0 Å². The van der Waals surface area contributed by atoms with Crippen LogP contribution in [0.5, 0.6) is 0 Å². The van der Waals surface area contributed by atoms with E-state index in [9.17, 15) is 9.59 Å². The smallest absolute Gasteiger partial charge is 0.321 e. The second-order valence-corrected chi connectivity index (χ2v) is 3.97. The van der Waals surface area contributed by atoms with Gasteiger partial charge in [-0.2, -0.15) is 0 Å². The zero-order valence-electron chi connectivity index (χ0n) is 9.69. The number of amides is 3. The van der Waals surface area contributed by atoms with E-state index in [1.54, 1.807) is 17.0 Å². The maximum atomic E-state index is 11.7. The molecule has 0 bridgehead atoms. The van der Waals surface area contributed by atoms with E-state index in [4.69, 9.17) is 0 Å². The van der Waals surface area contributed by atoms with Crippen LogP contribution in [0.1, 0.15) is 13.3 Å². The molecule has 90 valence electrons. The monoisotopic (exact) mass is 233 g/mol. The summed E-state index contributed by atoms with van der Waals surface area (Å²) >= 11 is 0. The zero-order valence-corrected chi connectivity index (χ0v) is 9.69. The van der Waals surface area contributed by atoms with Gasteiger partial charge < -0.3 is 10.6 Å². The molecule has 0 spiro atoms. The Morgan fingerprint density at radius 1 is 1.47 bits per heavy atom. The van der Waals surface area contributed by atoms with Crippen molar-refractivity contribution in [3.63, 3.8) is 0 Å². The second-order valence-electron chi connectivity index (χ2n) is 3.97. The summed E-state index contributed by atoms with van der Waals surface area (Å²) in [4.78, 5) is 24.3. The molecule has 1 heterocycles. The van der Waals surface area contributed by atoms with Gasteiger partial charge in [-0.1, -0.05) is 6.07 Å². The molecule has 0 atom stereocenters. The Bertz CT molecular complexity index is 445. The van der Waals surface area contributed by atoms with Crippen molar-refractivity contribution >= 4 is 23.3 Å². The van der Waals surface area contributed by atoms with Crippen LogP contribution in [-0.2, 0) is 4.79 Å². The summed E-state index contributed by atoms with van der Waals surface area (Å²) in [7, 11) is 0. The quantitative estimate of drug-likeness (QED) is 0.814. The third kappa shape index (κ3) is 2.75. The van der Waals surface area contributed by atoms with Gasteiger partial charge in [0.2, 0.25) is 5.91 Å². The Kier molecular flexibility index (Phi) is 3.27. The minimum atomic E-state index is -0.120. The first-order valence-corrected chi connectivity index (χ1v) is 5.60. The van der Waals surface area contributed by atoms with Crippen LogP contribution in [0.3, 0.4) is 0 Å². The highest BCUT2D eigenvalue weighted by Gasteiger charge is 2.19. The highest BCUT2D eigenvalue weighted by atomic mass is 16.2. The van der Waals surface area contributed by atoms with E-state index in [1.165, 1.54) is 6.92 Å². The van der Waals surface area contributed by atoms with Crippen LogP contribution in [-0.4, -0.2) is 25.0 Å². The van der Waals surface area contributed by atoms with E-state index >= 15 is 0 Å². The van der Waals surface area contributed by atoms with E-state index in [2.05, 4.69) is 10.6 Å². The zero-order chi connectivity index (χ0) is 12.3. The molecule has 1 fully saturated rings. The van der Waals surface area contributed by atoms with Crippen molar-refractivity contribution in [3.05, 3.63) is 24.3 Å². The van der Waals surface area contributed by atoms with Gasteiger partial charge in [-0.3, -0.25) is 9.69 Å². The number of nitrogens with zero attached hydrogens (tertiary/aromatic N) is 1. The maximum absolute atomic E-state index is 11.7. The Morgan fingerprint density at radius 3 is 3.00 bits per heavy atom. The molecule has 1 aromatic carbocycles. The molecule has 0 unspecified atom stereocenters. The van der Waals surface area contributed by atoms with Crippen LogP contribution in [0.2, 0.25) is 0 Å². The predicted octanol–water partition coefficient (Wildman–Crippen LogP) is 1.56. The molecule has 5 nitrogen and oxygen atoms in total. The van der Waals surface area contributed by atoms with Gasteiger partial charge in [0, 0.05) is 31.4 Å². The fourth-order valence-electron chi connectivity index (χ4n) is 1.83. The minimum absolute atomic E-state index is 0.0868. The second kappa shape index (κ2) is 4.86. The summed E-state index contributed by atoms with van der Waals surface area (Å²) in [5.74, 6) is -0.120. The Hall–Kier alpha value is -2.04. The Labute approximate surface area is 99.8 Å². The van der Waals surface area contributed by atoms with E-state index < -0.39 is 0 Å². The fourth-order valence-corrected chi connectivity index (χ4v) is 1.83. The van der Waals surface area contributed by atoms with Crippen molar-refractivity contribution in [1.82, 2.24) is 5.32 Å². The van der Waals surface area contributed by atoms with Crippen LogP contribution in [0.25, 0.3) is 0 Å². The number of hydrogen-bond acceptors (Lipinski definition) is 2. The highest BCUT2D eigenvalue weighted by molar-refractivity contribution is 5.94. The molecule has 0 radical (unpaired) electrons. The number of anilines is 2. The van der Waals surface area contributed by atoms with E-state index in [1.807, 2.05) is 12.1 Å². The molecule has 0 aliphatic carbocycles. The van der Waals surface area contributed by atoms with Gasteiger partial charge in [0.25, 0.3) is 0 Å². The van der Waals surface area contributed by atoms with E-state index in [0.717, 1.165) is 18.7 Å². The van der Waals surface area contributed by atoms with Gasteiger partial charge in [-0.25, -0.2) is 4.79 Å². The lowest BCUT2D eigenvalue weighted by Gasteiger charge is -2.27. The minimum Gasteiger partial charge on any atom is -0.338 e. The van der Waals surface area contributed by atoms with Crippen LogP contribution in [0.15, 0.2) is 24.3 Å². The Morgan fingerprint density at radius 2 is 2.29 bits per heavy atom. The molecular weight excluding hydrogens is 218 g/mol. The van der Waals surface area contributed by atoms with Crippen LogP contribution in [0, 0.1) is 0 Å². The summed E-state index contributed by atoms with van der Waals surface area (Å²) in [5.41, 5.74) is 1.50. The van der Waals surface area contributed by atoms with Crippen LogP contribution in [0.4, 0.5) is 16.2 Å². The average Bonchev–Trinajstić information content (AvgIpc) is 2.29. The number of carbonyl (C=O) groups excluding carboxylic acids is 2. The molecule has 5 heteroatoms. The SMILES string of the molecule is CC(=O)Nc1cccc(N2CCCNC2=O)c1. The number of nitrogens with one attached hydrogen (secondary N) is 2. The van der Waals surface area contributed by atoms with Crippen molar-refractivity contribution in [2.75, 3.05) is 23.3 Å². The molecular formula is C12H15N3O2. The van der Waals surface area contributed by atoms with E-state index in [0.29, 0.717) is 12.2 Å². The Balaban J connectivity index is 2.19. The molecule has 17 heavy (non-hydrogen) atoms. The number of urea groups is 1. The molecule has 3 amide bonds. The number of carbonyl (C=O) groups is 2. The lowest BCUT2D eigenvalue weighted by molar-refractivity contribution is -0.114. The van der Waals surface area contributed by atoms with Crippen molar-refractivity contribution in [2.45, 2.75) is 13.3 Å². The summed E-state index contributed by atoms with van der Waals surface area (Å²) in [6.07, 6.45) is 0.927. The lowest BCUT2D eigenvalue weighted by atomic mass is 10.2. The van der Waals surface area contributed by atoms with Gasteiger partial charge in [0.05, 0.1) is 0 Å². The van der Waals surface area contributed by atoms with Gasteiger partial charge in [0.15, 0.2) is 0 Å². The van der Waals surface area contributed by atoms with Crippen molar-refractivity contribution in [2.24, 2.45) is 0 Å². The summed E-state index contributed by atoms with van der Waals surface area (Å²) in [6, 6.07) is 7.19. The van der Waals surface area contributed by atoms with Gasteiger partial charge in [0.1, 0.15) is 0 Å². The summed E-state index contributed by atoms with van der Waals surface area (Å²) < 4.78 is 0. The third-order valence-electron chi connectivity index (χ3n) is 2.56. The molecule has 1 aliphatic rings. The van der Waals surface area contributed by atoms with Crippen molar-refractivity contribution in [1.29, 1.82) is 0 Å². The summed E-state index contributed by atoms with van der Waals surface area (Å²) in [6.45, 7) is 2.89. The molecule has 0 saturated carbocycles. The van der Waals surface area contributed by atoms with Crippen molar-refractivity contribution in [3.8, 4) is 0 Å². The van der Waals surface area contributed by atoms with Gasteiger partial charge >= 0.3 is 6.03 Å². The van der Waals surface area contributed by atoms with Crippen molar-refractivity contribution < 1.29 is 9.59 Å². The molecule has 1 aromatic rings. The lowest BCUT2D eigenvalue weighted by Crippen LogP contribution is -2.46. The number of rotatable bonds is 2. The fraction of sp³-hybridized carbons (Fsp3) is 0.333. The standard InChI is InChI=1S/C12H15N3O2/c1-9(16)14-10-4-2-5-11(8-10)15-7-3-6-13-12(15)17/h2,4-5,8H,3,6-7H2,1H3,(H,13,17)(H,14,16). The molecule has 2 rings (SSSR count). The molecule has 1 saturated heterocycles. The molecule has 1 aliphatic heterocycles. The first-order chi connectivity index (χ1) is 8.16. The first-order valence-electron chi connectivity index (χ1n) is 5.60. The van der Waals surface area contributed by atoms with E-state index in [-0.39, 0.29) is 11.9 Å². The average molecular weight is 233 g/mol. The predicted molar refractivity (Wildman–Crippen MR) is 66.1 cm³/mol. The first kappa shape index (κ1) is 11.4. The third-order valence-corrected chi connectivity index (χ3v) is 2.56. The highest BCUT2D eigenvalue weighted by Crippen LogP contribution is 2.21. The van der Waals surface area contributed by atoms with Gasteiger partial charge in [-0.15, -0.1) is 0 Å². The number of hydrogen-bond donors (Lipinski definition) is 2. The molecule has 0 aromatic heterocycles. The van der Waals surface area contributed by atoms with Gasteiger partial charge in [-0.05, 0) is 24.6 Å². The summed E-state index contributed by atoms with van der Waals surface area (Å²) in [5, 5.41) is 5.49. The normalized spacial score (nSPS) is 15.4.